The van der Waals surface area contributed by atoms with Crippen molar-refractivity contribution in [2.75, 3.05) is 10.2 Å². The SMILES string of the molecule is C=C1/C(=C\C=C2/CCC[C@@]3(C)[C@H]2CCI3[C@@H](C)CSc2cccc(C(C)(C)O)c2)C[C@@H](O)C[C@@H]1O. The van der Waals surface area contributed by atoms with E-state index in [2.05, 4.69) is 50.8 Å². The topological polar surface area (TPSA) is 60.7 Å². The van der Waals surface area contributed by atoms with Crippen LogP contribution >= 0.6 is 31.6 Å². The van der Waals surface area contributed by atoms with Gasteiger partial charge in [-0.25, -0.2) is 0 Å². The summed E-state index contributed by atoms with van der Waals surface area (Å²) in [5, 5.41) is 30.7. The molecular weight excluding hydrogens is 567 g/mol. The second-order valence-electron chi connectivity index (χ2n) is 11.3. The van der Waals surface area contributed by atoms with Crippen LogP contribution in [0, 0.1) is 5.92 Å². The summed E-state index contributed by atoms with van der Waals surface area (Å²) in [5.41, 5.74) is 3.57. The summed E-state index contributed by atoms with van der Waals surface area (Å²) in [6.45, 7) is 12.9. The van der Waals surface area contributed by atoms with Gasteiger partial charge in [0.1, 0.15) is 0 Å². The maximum atomic E-state index is 10.4. The van der Waals surface area contributed by atoms with E-state index in [9.17, 15) is 15.3 Å². The number of aliphatic hydroxyl groups excluding tert-OH is 2. The van der Waals surface area contributed by atoms with E-state index >= 15 is 0 Å². The van der Waals surface area contributed by atoms with E-state index in [0.29, 0.717) is 22.2 Å². The molecule has 0 radical (unpaired) electrons. The van der Waals surface area contributed by atoms with Gasteiger partial charge in [0.15, 0.2) is 0 Å². The Morgan fingerprint density at radius 3 is 2.80 bits per heavy atom. The minimum absolute atomic E-state index is 0.402. The molecule has 3 nitrogen and oxygen atoms in total. The molecular formula is C30H43IO3S. The van der Waals surface area contributed by atoms with Crippen LogP contribution in [0.25, 0.3) is 0 Å². The third kappa shape index (κ3) is 6.11. The first-order valence-electron chi connectivity index (χ1n) is 13.0. The molecule has 35 heavy (non-hydrogen) atoms. The molecule has 1 aromatic rings. The zero-order valence-corrected chi connectivity index (χ0v) is 24.7. The van der Waals surface area contributed by atoms with Gasteiger partial charge >= 0.3 is 225 Å². The Labute approximate surface area is 223 Å². The number of allylic oxidation sites excluding steroid dienone is 3. The molecule has 0 aromatic heterocycles. The Balaban J connectivity index is 1.45. The van der Waals surface area contributed by atoms with Crippen molar-refractivity contribution >= 4 is 31.6 Å². The zero-order valence-electron chi connectivity index (χ0n) is 21.8. The molecule has 0 unspecified atom stereocenters. The number of halogens is 1. The summed E-state index contributed by atoms with van der Waals surface area (Å²) < 4.78 is 2.71. The molecule has 3 N–H and O–H groups in total. The van der Waals surface area contributed by atoms with Gasteiger partial charge in [-0.2, -0.15) is 0 Å². The van der Waals surface area contributed by atoms with E-state index in [0.717, 1.165) is 20.6 Å². The number of benzene rings is 1. The summed E-state index contributed by atoms with van der Waals surface area (Å²) in [5.74, 6) is 1.86. The van der Waals surface area contributed by atoms with E-state index in [-0.39, 0.29) is 0 Å². The second-order valence-corrected chi connectivity index (χ2v) is 20.3. The maximum absolute atomic E-state index is 10.4. The number of alkyl halides is 3. The number of thioether (sulfide) groups is 1. The van der Waals surface area contributed by atoms with E-state index in [4.69, 9.17) is 0 Å². The molecule has 5 atom stereocenters. The van der Waals surface area contributed by atoms with Gasteiger partial charge in [0.05, 0.1) is 0 Å². The van der Waals surface area contributed by atoms with Crippen LogP contribution in [0.3, 0.4) is 0 Å². The third-order valence-electron chi connectivity index (χ3n) is 8.20. The Bertz CT molecular complexity index is 994. The molecule has 3 aliphatic rings. The summed E-state index contributed by atoms with van der Waals surface area (Å²) in [4.78, 5) is 1.26. The van der Waals surface area contributed by atoms with Gasteiger partial charge in [-0.15, -0.1) is 0 Å². The fraction of sp³-hybridized carbons (Fsp3) is 0.600. The van der Waals surface area contributed by atoms with E-state index in [1.54, 1.807) is 5.57 Å². The second kappa shape index (κ2) is 11.0. The number of hydrogen-bond donors (Lipinski definition) is 3. The molecule has 1 aliphatic heterocycles. The van der Waals surface area contributed by atoms with Gasteiger partial charge < -0.3 is 0 Å². The van der Waals surface area contributed by atoms with Crippen LogP contribution in [0.15, 0.2) is 64.6 Å². The number of rotatable bonds is 6. The van der Waals surface area contributed by atoms with Crippen molar-refractivity contribution in [2.45, 2.75) is 96.3 Å². The average molecular weight is 611 g/mol. The minimum atomic E-state index is -1.19. The first-order chi connectivity index (χ1) is 16.5. The first-order valence-corrected chi connectivity index (χ1v) is 17.9. The standard InChI is InChI=1S/C30H43IO3S/c1-20(19-35-26-10-6-9-24(17-26)29(3,4)34)31-15-13-27-22(8-7-14-30(27,31)5)11-12-23-16-25(32)18-28(33)21(23)2/h6,9-12,17,20,25,27-28,32-34H,2,7-8,13-16,18-19H2,1,3-5H3/b22-11+,23-12-/t20-,25+,27-,28-,30-/m0/s1. The molecule has 5 heteroatoms. The molecule has 0 amide bonds. The summed E-state index contributed by atoms with van der Waals surface area (Å²) in [6, 6.07) is 8.42. The molecule has 0 bridgehead atoms. The third-order valence-corrected chi connectivity index (χ3v) is 19.3. The summed E-state index contributed by atoms with van der Waals surface area (Å²) in [7, 11) is 0. The van der Waals surface area contributed by atoms with Gasteiger partial charge in [0.25, 0.3) is 0 Å². The molecule has 194 valence electrons. The quantitative estimate of drug-likeness (QED) is 0.189. The predicted molar refractivity (Wildman–Crippen MR) is 158 cm³/mol. The van der Waals surface area contributed by atoms with Crippen molar-refractivity contribution in [2.24, 2.45) is 5.92 Å². The van der Waals surface area contributed by atoms with Gasteiger partial charge in [-0.05, 0) is 0 Å². The van der Waals surface area contributed by atoms with Crippen molar-refractivity contribution in [3.63, 3.8) is 0 Å². The van der Waals surface area contributed by atoms with Gasteiger partial charge in [-0.3, -0.25) is 0 Å². The fourth-order valence-corrected chi connectivity index (χ4v) is 17.7. The van der Waals surface area contributed by atoms with E-state index in [1.807, 2.05) is 31.7 Å². The number of hydrogen-bond acceptors (Lipinski definition) is 4. The van der Waals surface area contributed by atoms with Crippen molar-refractivity contribution in [1.82, 2.24) is 0 Å². The van der Waals surface area contributed by atoms with Gasteiger partial charge in [0, 0.05) is 0 Å². The van der Waals surface area contributed by atoms with Crippen molar-refractivity contribution in [3.05, 3.63) is 65.3 Å². The van der Waals surface area contributed by atoms with Crippen LogP contribution in [-0.2, 0) is 5.60 Å². The first kappa shape index (κ1) is 27.4. The van der Waals surface area contributed by atoms with Crippen LogP contribution in [0.5, 0.6) is 0 Å². The predicted octanol–water partition coefficient (Wildman–Crippen LogP) is 6.79. The molecule has 1 aromatic carbocycles. The Hall–Kier alpha value is -0.600. The number of fused-ring (bicyclic) bond motifs is 1. The van der Waals surface area contributed by atoms with Gasteiger partial charge in [-0.1, -0.05) is 0 Å². The molecule has 2 saturated carbocycles. The van der Waals surface area contributed by atoms with E-state index < -0.39 is 37.6 Å². The van der Waals surface area contributed by atoms with Crippen LogP contribution in [0.1, 0.15) is 71.8 Å². The molecule has 1 heterocycles. The fourth-order valence-electron chi connectivity index (χ4n) is 6.12. The monoisotopic (exact) mass is 610 g/mol. The van der Waals surface area contributed by atoms with Crippen molar-refractivity contribution in [3.8, 4) is 0 Å². The van der Waals surface area contributed by atoms with Crippen LogP contribution < -0.4 is 0 Å². The Morgan fingerprint density at radius 2 is 2.06 bits per heavy atom. The van der Waals surface area contributed by atoms with E-state index in [1.165, 1.54) is 40.8 Å². The Kier molecular flexibility index (Phi) is 8.64. The zero-order chi connectivity index (χ0) is 25.4. The molecule has 1 saturated heterocycles. The number of aliphatic hydroxyl groups is 3. The average Bonchev–Trinajstić information content (AvgIpc) is 3.16. The molecule has 2 aliphatic carbocycles. The Morgan fingerprint density at radius 1 is 1.29 bits per heavy atom. The van der Waals surface area contributed by atoms with Crippen LogP contribution in [0.2, 0.25) is 0 Å². The van der Waals surface area contributed by atoms with Crippen molar-refractivity contribution in [1.29, 1.82) is 0 Å². The summed E-state index contributed by atoms with van der Waals surface area (Å²) >= 11 is 0.769. The normalized spacial score (nSPS) is 33.9. The van der Waals surface area contributed by atoms with Crippen LogP contribution in [0.4, 0.5) is 0 Å². The molecule has 3 fully saturated rings. The van der Waals surface area contributed by atoms with Gasteiger partial charge in [0.2, 0.25) is 0 Å². The molecule has 4 rings (SSSR count). The van der Waals surface area contributed by atoms with Crippen molar-refractivity contribution < 1.29 is 15.3 Å². The molecule has 0 spiro atoms. The van der Waals surface area contributed by atoms with Crippen LogP contribution in [-0.4, -0.2) is 45.1 Å². The summed E-state index contributed by atoms with van der Waals surface area (Å²) in [6.07, 6.45) is 9.54.